The van der Waals surface area contributed by atoms with Crippen LogP contribution in [0.3, 0.4) is 0 Å². The van der Waals surface area contributed by atoms with Crippen LogP contribution in [0.25, 0.3) is 0 Å². The van der Waals surface area contributed by atoms with Gasteiger partial charge in [0.1, 0.15) is 5.00 Å². The van der Waals surface area contributed by atoms with Crippen LogP contribution in [0.15, 0.2) is 40.6 Å². The molecule has 4 nitrogen and oxygen atoms in total. The van der Waals surface area contributed by atoms with E-state index in [1.54, 1.807) is 23.2 Å². The molecule has 0 radical (unpaired) electrons. The molecule has 0 aliphatic rings. The van der Waals surface area contributed by atoms with Crippen LogP contribution >= 0.6 is 34.7 Å². The lowest BCUT2D eigenvalue weighted by Gasteiger charge is -2.05. The number of ether oxygens (including phenoxy) is 1. The predicted octanol–water partition coefficient (Wildman–Crippen LogP) is 4.70. The average Bonchev–Trinajstić information content (AvgIpc) is 3.00. The monoisotopic (exact) mass is 369 g/mol. The first kappa shape index (κ1) is 17.8. The molecule has 0 saturated heterocycles. The van der Waals surface area contributed by atoms with Gasteiger partial charge in [0.05, 0.1) is 12.7 Å². The molecular weight excluding hydrogens is 354 g/mol. The van der Waals surface area contributed by atoms with Gasteiger partial charge in [-0.05, 0) is 47.9 Å². The molecule has 0 fully saturated rings. The number of anilines is 1. The van der Waals surface area contributed by atoms with E-state index in [2.05, 4.69) is 10.1 Å². The standard InChI is InChI=1S/C16H16ClNO3S2/c1-21-16(20)13-8-10-23-15(13)18-14(19)3-2-9-22-12-6-4-11(17)5-7-12/h4-8,10H,2-3,9H2,1H3,(H,18,19). The van der Waals surface area contributed by atoms with Crippen LogP contribution in [0.2, 0.25) is 5.02 Å². The van der Waals surface area contributed by atoms with Gasteiger partial charge >= 0.3 is 5.97 Å². The molecule has 122 valence electrons. The van der Waals surface area contributed by atoms with Crippen LogP contribution in [-0.2, 0) is 9.53 Å². The lowest BCUT2D eigenvalue weighted by atomic mass is 10.3. The van der Waals surface area contributed by atoms with Gasteiger partial charge in [-0.3, -0.25) is 4.79 Å². The SMILES string of the molecule is COC(=O)c1ccsc1NC(=O)CCCSc1ccc(Cl)cc1. The maximum atomic E-state index is 11.9. The van der Waals surface area contributed by atoms with E-state index in [-0.39, 0.29) is 5.91 Å². The van der Waals surface area contributed by atoms with Crippen molar-refractivity contribution in [1.82, 2.24) is 0 Å². The molecule has 1 N–H and O–H groups in total. The zero-order valence-corrected chi connectivity index (χ0v) is 14.9. The second-order valence-electron chi connectivity index (χ2n) is 4.61. The maximum Gasteiger partial charge on any atom is 0.340 e. The fourth-order valence-electron chi connectivity index (χ4n) is 1.82. The highest BCUT2D eigenvalue weighted by atomic mass is 35.5. The Kier molecular flexibility index (Phi) is 6.95. The summed E-state index contributed by atoms with van der Waals surface area (Å²) in [5.74, 6) is 0.290. The Morgan fingerprint density at radius 1 is 1.26 bits per heavy atom. The van der Waals surface area contributed by atoms with Crippen molar-refractivity contribution < 1.29 is 14.3 Å². The minimum absolute atomic E-state index is 0.102. The minimum atomic E-state index is -0.445. The lowest BCUT2D eigenvalue weighted by Crippen LogP contribution is -2.13. The summed E-state index contributed by atoms with van der Waals surface area (Å²) in [6.45, 7) is 0. The van der Waals surface area contributed by atoms with Gasteiger partial charge in [-0.1, -0.05) is 11.6 Å². The third-order valence-electron chi connectivity index (χ3n) is 2.95. The number of benzene rings is 1. The van der Waals surface area contributed by atoms with Crippen LogP contribution in [0.5, 0.6) is 0 Å². The van der Waals surface area contributed by atoms with Crippen LogP contribution in [0.4, 0.5) is 5.00 Å². The first-order chi connectivity index (χ1) is 11.1. The minimum Gasteiger partial charge on any atom is -0.465 e. The van der Waals surface area contributed by atoms with Crippen molar-refractivity contribution in [2.75, 3.05) is 18.2 Å². The van der Waals surface area contributed by atoms with Gasteiger partial charge < -0.3 is 10.1 Å². The third-order valence-corrected chi connectivity index (χ3v) is 5.13. The highest BCUT2D eigenvalue weighted by Crippen LogP contribution is 2.25. The maximum absolute atomic E-state index is 11.9. The van der Waals surface area contributed by atoms with Gasteiger partial charge in [-0.25, -0.2) is 4.79 Å². The molecule has 1 amide bonds. The largest absolute Gasteiger partial charge is 0.465 e. The Hall–Kier alpha value is -1.50. The summed E-state index contributed by atoms with van der Waals surface area (Å²) in [6, 6.07) is 9.26. The number of rotatable bonds is 7. The van der Waals surface area contributed by atoms with Crippen LogP contribution in [0, 0.1) is 0 Å². The molecule has 7 heteroatoms. The molecule has 0 bridgehead atoms. The van der Waals surface area contributed by atoms with E-state index in [4.69, 9.17) is 11.6 Å². The van der Waals surface area contributed by atoms with E-state index in [0.29, 0.717) is 22.0 Å². The highest BCUT2D eigenvalue weighted by molar-refractivity contribution is 7.99. The Morgan fingerprint density at radius 2 is 2.00 bits per heavy atom. The number of nitrogens with one attached hydrogen (secondary N) is 1. The molecule has 1 aromatic carbocycles. The molecule has 23 heavy (non-hydrogen) atoms. The average molecular weight is 370 g/mol. The number of hydrogen-bond acceptors (Lipinski definition) is 5. The van der Waals surface area contributed by atoms with E-state index >= 15 is 0 Å². The molecule has 0 saturated carbocycles. The number of amides is 1. The summed E-state index contributed by atoms with van der Waals surface area (Å²) in [6.07, 6.45) is 1.15. The number of carbonyl (C=O) groups is 2. The van der Waals surface area contributed by atoms with Crippen molar-refractivity contribution in [3.8, 4) is 0 Å². The summed E-state index contributed by atoms with van der Waals surface area (Å²) in [5, 5.41) is 5.76. The number of thiophene rings is 1. The molecule has 2 rings (SSSR count). The number of carbonyl (C=O) groups excluding carboxylic acids is 2. The molecule has 1 aromatic heterocycles. The summed E-state index contributed by atoms with van der Waals surface area (Å²) in [5.41, 5.74) is 0.390. The highest BCUT2D eigenvalue weighted by Gasteiger charge is 2.15. The molecule has 2 aromatic rings. The molecular formula is C16H16ClNO3S2. The van der Waals surface area contributed by atoms with Crippen molar-refractivity contribution in [3.05, 3.63) is 46.3 Å². The van der Waals surface area contributed by atoms with Crippen molar-refractivity contribution >= 4 is 51.6 Å². The van der Waals surface area contributed by atoms with Crippen molar-refractivity contribution in [3.63, 3.8) is 0 Å². The third kappa shape index (κ3) is 5.57. The van der Waals surface area contributed by atoms with Crippen molar-refractivity contribution in [1.29, 1.82) is 0 Å². The fourth-order valence-corrected chi connectivity index (χ4v) is 3.59. The van der Waals surface area contributed by atoms with Gasteiger partial charge in [0.2, 0.25) is 5.91 Å². The van der Waals surface area contributed by atoms with E-state index in [9.17, 15) is 9.59 Å². The van der Waals surface area contributed by atoms with E-state index in [0.717, 1.165) is 17.1 Å². The summed E-state index contributed by atoms with van der Waals surface area (Å²) >= 11 is 8.82. The molecule has 0 aliphatic carbocycles. The smallest absolute Gasteiger partial charge is 0.340 e. The molecule has 0 aliphatic heterocycles. The van der Waals surface area contributed by atoms with Gasteiger partial charge in [0.15, 0.2) is 0 Å². The van der Waals surface area contributed by atoms with Gasteiger partial charge in [-0.15, -0.1) is 23.1 Å². The first-order valence-electron chi connectivity index (χ1n) is 6.94. The zero-order chi connectivity index (χ0) is 16.7. The molecule has 0 spiro atoms. The second kappa shape index (κ2) is 8.96. The zero-order valence-electron chi connectivity index (χ0n) is 12.5. The Morgan fingerprint density at radius 3 is 2.70 bits per heavy atom. The summed E-state index contributed by atoms with van der Waals surface area (Å²) in [4.78, 5) is 24.6. The van der Waals surface area contributed by atoms with Gasteiger partial charge in [0, 0.05) is 16.3 Å². The second-order valence-corrected chi connectivity index (χ2v) is 7.13. The van der Waals surface area contributed by atoms with Crippen molar-refractivity contribution in [2.45, 2.75) is 17.7 Å². The Balaban J connectivity index is 1.74. The number of hydrogen-bond donors (Lipinski definition) is 1. The topological polar surface area (TPSA) is 55.4 Å². The lowest BCUT2D eigenvalue weighted by molar-refractivity contribution is -0.116. The predicted molar refractivity (Wildman–Crippen MR) is 95.7 cm³/mol. The number of halogens is 1. The Labute approximate surface area is 148 Å². The summed E-state index contributed by atoms with van der Waals surface area (Å²) < 4.78 is 4.68. The summed E-state index contributed by atoms with van der Waals surface area (Å²) in [7, 11) is 1.32. The number of thioether (sulfide) groups is 1. The molecule has 1 heterocycles. The Bertz CT molecular complexity index is 670. The normalized spacial score (nSPS) is 10.3. The fraction of sp³-hybridized carbons (Fsp3) is 0.250. The van der Waals surface area contributed by atoms with E-state index in [1.807, 2.05) is 24.3 Å². The van der Waals surface area contributed by atoms with E-state index < -0.39 is 5.97 Å². The number of esters is 1. The van der Waals surface area contributed by atoms with Crippen LogP contribution in [-0.4, -0.2) is 24.7 Å². The number of methoxy groups -OCH3 is 1. The van der Waals surface area contributed by atoms with Gasteiger partial charge in [-0.2, -0.15) is 0 Å². The first-order valence-corrected chi connectivity index (χ1v) is 9.18. The van der Waals surface area contributed by atoms with E-state index in [1.165, 1.54) is 18.4 Å². The molecule has 0 atom stereocenters. The van der Waals surface area contributed by atoms with Gasteiger partial charge in [0.25, 0.3) is 0 Å². The van der Waals surface area contributed by atoms with Crippen molar-refractivity contribution in [2.24, 2.45) is 0 Å². The van der Waals surface area contributed by atoms with Crippen LogP contribution in [0.1, 0.15) is 23.2 Å². The van der Waals surface area contributed by atoms with Crippen LogP contribution < -0.4 is 5.32 Å². The molecule has 0 unspecified atom stereocenters. The quantitative estimate of drug-likeness (QED) is 0.436.